The molecule has 1 unspecified atom stereocenters. The standard InChI is InChI=1S/C15H19ClN2S/c1-2-10-18-13(14-8-9-15(16)19-14)7-6-12-5-3-4-11-17-12/h3-5,8-9,11,13,18H,2,6-7,10H2,1H3. The van der Waals surface area contributed by atoms with Gasteiger partial charge in [0.15, 0.2) is 0 Å². The van der Waals surface area contributed by atoms with Gasteiger partial charge >= 0.3 is 0 Å². The first-order valence-electron chi connectivity index (χ1n) is 6.68. The van der Waals surface area contributed by atoms with Gasteiger partial charge in [-0.1, -0.05) is 24.6 Å². The van der Waals surface area contributed by atoms with Crippen LogP contribution < -0.4 is 5.32 Å². The van der Waals surface area contributed by atoms with Gasteiger partial charge < -0.3 is 5.32 Å². The Morgan fingerprint density at radius 1 is 1.32 bits per heavy atom. The number of aryl methyl sites for hydroxylation is 1. The number of thiophene rings is 1. The Kier molecular flexibility index (Phi) is 5.83. The van der Waals surface area contributed by atoms with Crippen molar-refractivity contribution < 1.29 is 0 Å². The molecule has 0 amide bonds. The zero-order chi connectivity index (χ0) is 13.5. The maximum absolute atomic E-state index is 6.03. The predicted octanol–water partition coefficient (Wildman–Crippen LogP) is 4.47. The van der Waals surface area contributed by atoms with E-state index >= 15 is 0 Å². The Morgan fingerprint density at radius 3 is 2.84 bits per heavy atom. The summed E-state index contributed by atoms with van der Waals surface area (Å²) >= 11 is 7.70. The zero-order valence-electron chi connectivity index (χ0n) is 11.1. The van der Waals surface area contributed by atoms with Crippen LogP contribution in [0.4, 0.5) is 0 Å². The monoisotopic (exact) mass is 294 g/mol. The van der Waals surface area contributed by atoms with Crippen LogP contribution in [0.15, 0.2) is 36.5 Å². The molecule has 19 heavy (non-hydrogen) atoms. The lowest BCUT2D eigenvalue weighted by molar-refractivity contribution is 0.504. The van der Waals surface area contributed by atoms with Gasteiger partial charge in [-0.15, -0.1) is 11.3 Å². The van der Waals surface area contributed by atoms with Gasteiger partial charge in [-0.3, -0.25) is 4.98 Å². The maximum Gasteiger partial charge on any atom is 0.0931 e. The van der Waals surface area contributed by atoms with Crippen LogP contribution in [-0.2, 0) is 6.42 Å². The summed E-state index contributed by atoms with van der Waals surface area (Å²) in [7, 11) is 0. The summed E-state index contributed by atoms with van der Waals surface area (Å²) in [5, 5.41) is 3.59. The third kappa shape index (κ3) is 4.60. The molecular formula is C15H19ClN2S. The van der Waals surface area contributed by atoms with Crippen molar-refractivity contribution >= 4 is 22.9 Å². The van der Waals surface area contributed by atoms with Crippen molar-refractivity contribution in [1.82, 2.24) is 10.3 Å². The molecule has 0 spiro atoms. The second-order valence-electron chi connectivity index (χ2n) is 4.51. The van der Waals surface area contributed by atoms with E-state index in [0.29, 0.717) is 6.04 Å². The molecule has 2 aromatic heterocycles. The van der Waals surface area contributed by atoms with Crippen LogP contribution >= 0.6 is 22.9 Å². The van der Waals surface area contributed by atoms with Gasteiger partial charge in [-0.2, -0.15) is 0 Å². The van der Waals surface area contributed by atoms with E-state index in [2.05, 4.69) is 29.4 Å². The number of hydrogen-bond acceptors (Lipinski definition) is 3. The summed E-state index contributed by atoms with van der Waals surface area (Å²) in [6, 6.07) is 10.5. The molecule has 1 N–H and O–H groups in total. The molecule has 4 heteroatoms. The number of nitrogens with one attached hydrogen (secondary N) is 1. The number of aromatic nitrogens is 1. The Bertz CT molecular complexity index is 484. The largest absolute Gasteiger partial charge is 0.309 e. The minimum absolute atomic E-state index is 0.374. The van der Waals surface area contributed by atoms with Crippen LogP contribution in [0.25, 0.3) is 0 Å². The van der Waals surface area contributed by atoms with Crippen LogP contribution in [-0.4, -0.2) is 11.5 Å². The summed E-state index contributed by atoms with van der Waals surface area (Å²) in [6.07, 6.45) is 5.02. The third-order valence-electron chi connectivity index (χ3n) is 2.99. The maximum atomic E-state index is 6.03. The normalized spacial score (nSPS) is 12.5. The van der Waals surface area contributed by atoms with Gasteiger partial charge in [0.2, 0.25) is 0 Å². The molecule has 0 aromatic carbocycles. The summed E-state index contributed by atoms with van der Waals surface area (Å²) in [4.78, 5) is 5.69. The molecule has 0 saturated heterocycles. The number of hydrogen-bond donors (Lipinski definition) is 1. The minimum Gasteiger partial charge on any atom is -0.309 e. The van der Waals surface area contributed by atoms with E-state index in [4.69, 9.17) is 11.6 Å². The molecule has 2 nitrogen and oxygen atoms in total. The number of nitrogens with zero attached hydrogens (tertiary/aromatic N) is 1. The van der Waals surface area contributed by atoms with Gasteiger partial charge in [0.25, 0.3) is 0 Å². The van der Waals surface area contributed by atoms with Gasteiger partial charge in [-0.25, -0.2) is 0 Å². The summed E-state index contributed by atoms with van der Waals surface area (Å²) in [6.45, 7) is 3.21. The average molecular weight is 295 g/mol. The third-order valence-corrected chi connectivity index (χ3v) is 4.34. The predicted molar refractivity (Wildman–Crippen MR) is 82.9 cm³/mol. The van der Waals surface area contributed by atoms with Crippen molar-refractivity contribution in [3.05, 3.63) is 51.4 Å². The lowest BCUT2D eigenvalue weighted by Crippen LogP contribution is -2.22. The molecule has 2 rings (SSSR count). The van der Waals surface area contributed by atoms with Crippen molar-refractivity contribution in [2.45, 2.75) is 32.2 Å². The molecule has 0 aliphatic rings. The van der Waals surface area contributed by atoms with E-state index in [1.54, 1.807) is 11.3 Å². The highest BCUT2D eigenvalue weighted by molar-refractivity contribution is 7.16. The van der Waals surface area contributed by atoms with Gasteiger partial charge in [0.05, 0.1) is 4.34 Å². The molecule has 0 aliphatic heterocycles. The highest BCUT2D eigenvalue weighted by Crippen LogP contribution is 2.29. The fourth-order valence-electron chi connectivity index (χ4n) is 2.02. The lowest BCUT2D eigenvalue weighted by atomic mass is 10.1. The zero-order valence-corrected chi connectivity index (χ0v) is 12.7. The van der Waals surface area contributed by atoms with Crippen LogP contribution in [0.1, 0.15) is 36.4 Å². The summed E-state index contributed by atoms with van der Waals surface area (Å²) in [5.41, 5.74) is 1.15. The molecule has 0 bridgehead atoms. The Labute approximate surface area is 123 Å². The van der Waals surface area contributed by atoms with Crippen LogP contribution in [0.3, 0.4) is 0 Å². The van der Waals surface area contributed by atoms with Crippen molar-refractivity contribution in [3.63, 3.8) is 0 Å². The fraction of sp³-hybridized carbons (Fsp3) is 0.400. The molecule has 0 saturated carbocycles. The second kappa shape index (κ2) is 7.63. The Hall–Kier alpha value is -0.900. The number of halogens is 1. The molecule has 1 atom stereocenters. The second-order valence-corrected chi connectivity index (χ2v) is 6.25. The van der Waals surface area contributed by atoms with Gasteiger partial charge in [-0.05, 0) is 50.1 Å². The van der Waals surface area contributed by atoms with E-state index in [0.717, 1.165) is 35.8 Å². The highest BCUT2D eigenvalue weighted by atomic mass is 35.5. The minimum atomic E-state index is 0.374. The van der Waals surface area contributed by atoms with Crippen molar-refractivity contribution in [1.29, 1.82) is 0 Å². The molecule has 0 radical (unpaired) electrons. The molecular weight excluding hydrogens is 276 g/mol. The average Bonchev–Trinajstić information content (AvgIpc) is 2.86. The number of rotatable bonds is 7. The first-order valence-corrected chi connectivity index (χ1v) is 7.87. The van der Waals surface area contributed by atoms with Crippen LogP contribution in [0, 0.1) is 0 Å². The molecule has 0 fully saturated rings. The quantitative estimate of drug-likeness (QED) is 0.815. The summed E-state index contributed by atoms with van der Waals surface area (Å²) < 4.78 is 0.858. The lowest BCUT2D eigenvalue weighted by Gasteiger charge is -2.16. The fourth-order valence-corrected chi connectivity index (χ4v) is 3.19. The number of pyridine rings is 1. The van der Waals surface area contributed by atoms with E-state index in [9.17, 15) is 0 Å². The van der Waals surface area contributed by atoms with Crippen LogP contribution in [0.2, 0.25) is 4.34 Å². The highest BCUT2D eigenvalue weighted by Gasteiger charge is 2.13. The van der Waals surface area contributed by atoms with E-state index in [1.165, 1.54) is 4.88 Å². The molecule has 102 valence electrons. The van der Waals surface area contributed by atoms with E-state index in [1.807, 2.05) is 24.4 Å². The smallest absolute Gasteiger partial charge is 0.0931 e. The Balaban J connectivity index is 1.98. The van der Waals surface area contributed by atoms with Crippen molar-refractivity contribution in [3.8, 4) is 0 Å². The first-order chi connectivity index (χ1) is 9.29. The molecule has 2 aromatic rings. The summed E-state index contributed by atoms with van der Waals surface area (Å²) in [5.74, 6) is 0. The van der Waals surface area contributed by atoms with Crippen molar-refractivity contribution in [2.24, 2.45) is 0 Å². The van der Waals surface area contributed by atoms with Crippen LogP contribution in [0.5, 0.6) is 0 Å². The molecule has 2 heterocycles. The first kappa shape index (κ1) is 14.5. The SMILES string of the molecule is CCCNC(CCc1ccccn1)c1ccc(Cl)s1. The van der Waals surface area contributed by atoms with E-state index < -0.39 is 0 Å². The topological polar surface area (TPSA) is 24.9 Å². The van der Waals surface area contributed by atoms with Gasteiger partial charge in [0, 0.05) is 22.8 Å². The molecule has 0 aliphatic carbocycles. The van der Waals surface area contributed by atoms with E-state index in [-0.39, 0.29) is 0 Å². The van der Waals surface area contributed by atoms with Gasteiger partial charge in [0.1, 0.15) is 0 Å². The Morgan fingerprint density at radius 2 is 2.21 bits per heavy atom. The van der Waals surface area contributed by atoms with Crippen molar-refractivity contribution in [2.75, 3.05) is 6.54 Å².